The third kappa shape index (κ3) is 3.57. The zero-order valence-electron chi connectivity index (χ0n) is 12.4. The van der Waals surface area contributed by atoms with E-state index in [1.54, 1.807) is 7.11 Å². The molecule has 1 aromatic rings. The summed E-state index contributed by atoms with van der Waals surface area (Å²) in [6, 6.07) is 0. The van der Waals surface area contributed by atoms with Crippen LogP contribution in [-0.2, 0) is 4.74 Å². The highest BCUT2D eigenvalue weighted by Gasteiger charge is 2.37. The highest BCUT2D eigenvalue weighted by Crippen LogP contribution is 2.35. The number of nitro groups is 1. The van der Waals surface area contributed by atoms with E-state index in [-0.39, 0.29) is 17.1 Å². The van der Waals surface area contributed by atoms with Gasteiger partial charge in [-0.2, -0.15) is 4.98 Å². The van der Waals surface area contributed by atoms with Crippen molar-refractivity contribution in [2.45, 2.75) is 38.2 Å². The molecule has 1 aliphatic rings. The maximum atomic E-state index is 11.1. The highest BCUT2D eigenvalue weighted by atomic mass is 16.6. The molecule has 2 rings (SSSR count). The minimum absolute atomic E-state index is 0.123. The van der Waals surface area contributed by atoms with Crippen molar-refractivity contribution in [3.63, 3.8) is 0 Å². The third-order valence-electron chi connectivity index (χ3n) is 3.78. The molecule has 1 aromatic heterocycles. The molecule has 0 spiro atoms. The molecule has 1 saturated carbocycles. The number of anilines is 2. The Morgan fingerprint density at radius 3 is 2.76 bits per heavy atom. The maximum Gasteiger partial charge on any atom is 0.329 e. The summed E-state index contributed by atoms with van der Waals surface area (Å²) in [5, 5.41) is 17.1. The summed E-state index contributed by atoms with van der Waals surface area (Å²) in [4.78, 5) is 18.7. The average Bonchev–Trinajstić information content (AvgIpc) is 2.44. The second-order valence-electron chi connectivity index (χ2n) is 5.21. The van der Waals surface area contributed by atoms with Crippen molar-refractivity contribution in [2.75, 3.05) is 30.8 Å². The molecular formula is C13H21N5O3. The molecule has 21 heavy (non-hydrogen) atoms. The van der Waals surface area contributed by atoms with E-state index >= 15 is 0 Å². The number of methoxy groups -OCH3 is 1. The second-order valence-corrected chi connectivity index (χ2v) is 5.21. The zero-order chi connectivity index (χ0) is 15.3. The lowest BCUT2D eigenvalue weighted by molar-refractivity contribution is -0.384. The van der Waals surface area contributed by atoms with Crippen molar-refractivity contribution in [2.24, 2.45) is 0 Å². The summed E-state index contributed by atoms with van der Waals surface area (Å²) < 4.78 is 5.50. The maximum absolute atomic E-state index is 11.1. The molecule has 0 aliphatic heterocycles. The van der Waals surface area contributed by atoms with Crippen LogP contribution in [0.25, 0.3) is 0 Å². The molecule has 0 radical (unpaired) electrons. The van der Waals surface area contributed by atoms with E-state index < -0.39 is 4.92 Å². The molecule has 1 fully saturated rings. The highest BCUT2D eigenvalue weighted by molar-refractivity contribution is 5.57. The fraction of sp³-hybridized carbons (Fsp3) is 0.692. The summed E-state index contributed by atoms with van der Waals surface area (Å²) in [5.74, 6) is 0.627. The molecule has 8 heteroatoms. The van der Waals surface area contributed by atoms with Crippen LogP contribution in [0.4, 0.5) is 17.5 Å². The van der Waals surface area contributed by atoms with Gasteiger partial charge >= 0.3 is 5.69 Å². The van der Waals surface area contributed by atoms with Crippen LogP contribution in [0.1, 0.15) is 32.6 Å². The standard InChI is InChI=1S/C13H21N5O3/c1-3-7-14-12-15-8-10(18(19)20)11(17-12)16-9-13(21-2)5-4-6-13/h8H,3-7,9H2,1-2H3,(H2,14,15,16,17). The Bertz CT molecular complexity index is 499. The van der Waals surface area contributed by atoms with E-state index in [1.165, 1.54) is 6.20 Å². The van der Waals surface area contributed by atoms with Crippen LogP contribution in [-0.4, -0.2) is 40.7 Å². The van der Waals surface area contributed by atoms with E-state index in [2.05, 4.69) is 20.6 Å². The monoisotopic (exact) mass is 295 g/mol. The van der Waals surface area contributed by atoms with E-state index in [1.807, 2.05) is 6.92 Å². The Morgan fingerprint density at radius 1 is 1.48 bits per heavy atom. The van der Waals surface area contributed by atoms with Gasteiger partial charge in [-0.25, -0.2) is 4.98 Å². The number of nitrogens with one attached hydrogen (secondary N) is 2. The molecule has 0 amide bonds. The van der Waals surface area contributed by atoms with Gasteiger partial charge in [-0.15, -0.1) is 0 Å². The Labute approximate surface area is 123 Å². The van der Waals surface area contributed by atoms with E-state index in [9.17, 15) is 10.1 Å². The molecule has 0 atom stereocenters. The fourth-order valence-electron chi connectivity index (χ4n) is 2.23. The summed E-state index contributed by atoms with van der Waals surface area (Å²) in [5.41, 5.74) is -0.349. The van der Waals surface area contributed by atoms with Gasteiger partial charge in [-0.05, 0) is 25.7 Å². The quantitative estimate of drug-likeness (QED) is 0.559. The first kappa shape index (κ1) is 15.4. The van der Waals surface area contributed by atoms with Crippen molar-refractivity contribution in [3.05, 3.63) is 16.3 Å². The van der Waals surface area contributed by atoms with Gasteiger partial charge in [0.05, 0.1) is 10.5 Å². The smallest absolute Gasteiger partial charge is 0.329 e. The third-order valence-corrected chi connectivity index (χ3v) is 3.78. The normalized spacial score (nSPS) is 16.1. The van der Waals surface area contributed by atoms with Gasteiger partial charge in [0.25, 0.3) is 0 Å². The van der Waals surface area contributed by atoms with Crippen LogP contribution in [0, 0.1) is 10.1 Å². The SMILES string of the molecule is CCCNc1ncc([N+](=O)[O-])c(NCC2(OC)CCC2)n1. The van der Waals surface area contributed by atoms with Gasteiger partial charge in [-0.3, -0.25) is 10.1 Å². The van der Waals surface area contributed by atoms with Crippen molar-refractivity contribution < 1.29 is 9.66 Å². The zero-order valence-corrected chi connectivity index (χ0v) is 12.4. The molecule has 116 valence electrons. The van der Waals surface area contributed by atoms with Gasteiger partial charge < -0.3 is 15.4 Å². The Kier molecular flexibility index (Phi) is 4.89. The van der Waals surface area contributed by atoms with Crippen molar-refractivity contribution in [1.82, 2.24) is 9.97 Å². The van der Waals surface area contributed by atoms with Crippen LogP contribution in [0.3, 0.4) is 0 Å². The second kappa shape index (κ2) is 6.66. The van der Waals surface area contributed by atoms with Crippen LogP contribution < -0.4 is 10.6 Å². The largest absolute Gasteiger partial charge is 0.376 e. The van der Waals surface area contributed by atoms with Crippen LogP contribution >= 0.6 is 0 Å². The molecule has 0 saturated heterocycles. The molecule has 0 unspecified atom stereocenters. The molecule has 0 bridgehead atoms. The Hall–Kier alpha value is -1.96. The van der Waals surface area contributed by atoms with Crippen molar-refractivity contribution in [3.8, 4) is 0 Å². The van der Waals surface area contributed by atoms with E-state index in [4.69, 9.17) is 4.74 Å². The van der Waals surface area contributed by atoms with E-state index in [0.29, 0.717) is 12.5 Å². The molecule has 1 heterocycles. The fourth-order valence-corrected chi connectivity index (χ4v) is 2.23. The van der Waals surface area contributed by atoms with Crippen LogP contribution in [0.2, 0.25) is 0 Å². The number of nitrogens with zero attached hydrogens (tertiary/aromatic N) is 3. The predicted octanol–water partition coefficient (Wildman–Crippen LogP) is 2.19. The first-order valence-electron chi connectivity index (χ1n) is 7.14. The lowest BCUT2D eigenvalue weighted by Gasteiger charge is -2.40. The first-order valence-corrected chi connectivity index (χ1v) is 7.14. The molecular weight excluding hydrogens is 274 g/mol. The van der Waals surface area contributed by atoms with Crippen LogP contribution in [0.5, 0.6) is 0 Å². The lowest BCUT2D eigenvalue weighted by Crippen LogP contribution is -2.45. The Morgan fingerprint density at radius 2 is 2.24 bits per heavy atom. The summed E-state index contributed by atoms with van der Waals surface area (Å²) in [6.07, 6.45) is 5.18. The number of ether oxygens (including phenoxy) is 1. The minimum atomic E-state index is -0.480. The molecule has 8 nitrogen and oxygen atoms in total. The molecule has 0 aromatic carbocycles. The van der Waals surface area contributed by atoms with Crippen molar-refractivity contribution >= 4 is 17.5 Å². The predicted molar refractivity (Wildman–Crippen MR) is 79.5 cm³/mol. The van der Waals surface area contributed by atoms with Gasteiger partial charge in [-0.1, -0.05) is 6.92 Å². The van der Waals surface area contributed by atoms with Gasteiger partial charge in [0, 0.05) is 20.2 Å². The summed E-state index contributed by atoms with van der Waals surface area (Å²) >= 11 is 0. The first-order chi connectivity index (χ1) is 10.1. The molecule has 2 N–H and O–H groups in total. The number of hydrogen-bond acceptors (Lipinski definition) is 7. The van der Waals surface area contributed by atoms with Crippen LogP contribution in [0.15, 0.2) is 6.20 Å². The topological polar surface area (TPSA) is 102 Å². The van der Waals surface area contributed by atoms with Gasteiger partial charge in [0.1, 0.15) is 6.20 Å². The lowest BCUT2D eigenvalue weighted by atomic mass is 9.80. The van der Waals surface area contributed by atoms with Gasteiger partial charge in [0.15, 0.2) is 0 Å². The number of rotatable bonds is 8. The van der Waals surface area contributed by atoms with E-state index in [0.717, 1.165) is 32.2 Å². The van der Waals surface area contributed by atoms with Gasteiger partial charge in [0.2, 0.25) is 11.8 Å². The molecule has 1 aliphatic carbocycles. The number of hydrogen-bond donors (Lipinski definition) is 2. The van der Waals surface area contributed by atoms with Crippen molar-refractivity contribution in [1.29, 1.82) is 0 Å². The number of aromatic nitrogens is 2. The summed E-state index contributed by atoms with van der Waals surface area (Å²) in [7, 11) is 1.67. The Balaban J connectivity index is 2.12. The average molecular weight is 295 g/mol. The minimum Gasteiger partial charge on any atom is -0.376 e. The summed E-state index contributed by atoms with van der Waals surface area (Å²) in [6.45, 7) is 3.25.